The number of hydrogen-bond acceptors (Lipinski definition) is 3. The molecular formula is C14H27IN4O. The van der Waals surface area contributed by atoms with Crippen LogP contribution in [0.1, 0.15) is 26.2 Å². The quantitative estimate of drug-likeness (QED) is 0.427. The average molecular weight is 394 g/mol. The molecule has 20 heavy (non-hydrogen) atoms. The Morgan fingerprint density at radius 1 is 1.45 bits per heavy atom. The Balaban J connectivity index is 0.00000147. The van der Waals surface area contributed by atoms with Crippen molar-refractivity contribution in [2.45, 2.75) is 44.4 Å². The molecule has 0 radical (unpaired) electrons. The van der Waals surface area contributed by atoms with Gasteiger partial charge in [0, 0.05) is 32.2 Å². The van der Waals surface area contributed by atoms with Crippen LogP contribution in [0.4, 0.5) is 0 Å². The number of nitrogens with one attached hydrogen (secondary N) is 2. The Bertz CT molecular complexity index is 352. The third-order valence-electron chi connectivity index (χ3n) is 4.61. The van der Waals surface area contributed by atoms with Crippen molar-refractivity contribution in [3.8, 4) is 0 Å². The van der Waals surface area contributed by atoms with Gasteiger partial charge in [0.25, 0.3) is 0 Å². The van der Waals surface area contributed by atoms with Gasteiger partial charge < -0.3 is 15.4 Å². The zero-order chi connectivity index (χ0) is 13.2. The predicted octanol–water partition coefficient (Wildman–Crippen LogP) is 1.04. The van der Waals surface area contributed by atoms with E-state index in [1.807, 2.05) is 7.05 Å². The molecule has 0 aromatic heterocycles. The van der Waals surface area contributed by atoms with Crippen molar-refractivity contribution in [2.24, 2.45) is 10.9 Å². The van der Waals surface area contributed by atoms with Gasteiger partial charge in [-0.3, -0.25) is 9.89 Å². The summed E-state index contributed by atoms with van der Waals surface area (Å²) in [5.41, 5.74) is 0. The molecule has 5 nitrogen and oxygen atoms in total. The fraction of sp³-hybridized carbons (Fsp3) is 0.929. The second-order valence-electron chi connectivity index (χ2n) is 6.16. The SMILES string of the molecule is CN=C(NCC1CN2CCCC2CO1)NC1CC1C.I. The van der Waals surface area contributed by atoms with Gasteiger partial charge in [0.15, 0.2) is 5.96 Å². The summed E-state index contributed by atoms with van der Waals surface area (Å²) < 4.78 is 5.94. The summed E-state index contributed by atoms with van der Waals surface area (Å²) in [7, 11) is 1.83. The molecule has 0 aromatic rings. The van der Waals surface area contributed by atoms with Crippen LogP contribution in [0.15, 0.2) is 4.99 Å². The summed E-state index contributed by atoms with van der Waals surface area (Å²) in [6, 6.07) is 1.29. The number of guanidine groups is 1. The van der Waals surface area contributed by atoms with Crippen molar-refractivity contribution in [3.05, 3.63) is 0 Å². The van der Waals surface area contributed by atoms with E-state index in [2.05, 4.69) is 27.4 Å². The third kappa shape index (κ3) is 3.98. The Labute approximate surface area is 138 Å². The first-order valence-corrected chi connectivity index (χ1v) is 7.59. The monoisotopic (exact) mass is 394 g/mol. The van der Waals surface area contributed by atoms with E-state index in [0.29, 0.717) is 18.2 Å². The summed E-state index contributed by atoms with van der Waals surface area (Å²) in [4.78, 5) is 6.86. The van der Waals surface area contributed by atoms with E-state index < -0.39 is 0 Å². The van der Waals surface area contributed by atoms with Gasteiger partial charge in [0.2, 0.25) is 0 Å². The summed E-state index contributed by atoms with van der Waals surface area (Å²) in [5.74, 6) is 1.70. The van der Waals surface area contributed by atoms with Crippen LogP contribution >= 0.6 is 24.0 Å². The predicted molar refractivity (Wildman–Crippen MR) is 91.8 cm³/mol. The largest absolute Gasteiger partial charge is 0.373 e. The van der Waals surface area contributed by atoms with E-state index in [-0.39, 0.29) is 24.0 Å². The number of hydrogen-bond donors (Lipinski definition) is 2. The van der Waals surface area contributed by atoms with E-state index in [9.17, 15) is 0 Å². The molecule has 4 atom stereocenters. The zero-order valence-electron chi connectivity index (χ0n) is 12.5. The van der Waals surface area contributed by atoms with Crippen LogP contribution in [0.3, 0.4) is 0 Å². The summed E-state index contributed by atoms with van der Waals surface area (Å²) in [5, 5.41) is 6.84. The van der Waals surface area contributed by atoms with Crippen molar-refractivity contribution >= 4 is 29.9 Å². The number of nitrogens with zero attached hydrogens (tertiary/aromatic N) is 2. The maximum absolute atomic E-state index is 5.94. The molecule has 2 aliphatic heterocycles. The molecule has 0 bridgehead atoms. The molecule has 1 aliphatic carbocycles. The molecule has 0 aromatic carbocycles. The normalized spacial score (nSPS) is 37.0. The number of rotatable bonds is 3. The third-order valence-corrected chi connectivity index (χ3v) is 4.61. The minimum Gasteiger partial charge on any atom is -0.373 e. The number of morpholine rings is 1. The standard InChI is InChI=1S/C14H26N4O.HI/c1-10-6-13(10)17-14(15-2)16-7-12-8-18-5-3-4-11(18)9-19-12;/h10-13H,3-9H2,1-2H3,(H2,15,16,17);1H. The van der Waals surface area contributed by atoms with E-state index in [1.54, 1.807) is 0 Å². The molecule has 0 spiro atoms. The Hall–Kier alpha value is -0.0800. The number of aliphatic imine (C=N–C) groups is 1. The minimum absolute atomic E-state index is 0. The lowest BCUT2D eigenvalue weighted by atomic mass is 10.2. The Kier molecular flexibility index (Phi) is 5.92. The summed E-state index contributed by atoms with van der Waals surface area (Å²) >= 11 is 0. The highest BCUT2D eigenvalue weighted by molar-refractivity contribution is 14.0. The van der Waals surface area contributed by atoms with E-state index >= 15 is 0 Å². The average Bonchev–Trinajstić information content (AvgIpc) is 2.92. The van der Waals surface area contributed by atoms with Gasteiger partial charge >= 0.3 is 0 Å². The van der Waals surface area contributed by atoms with Crippen LogP contribution in [0.2, 0.25) is 0 Å². The highest BCUT2D eigenvalue weighted by Gasteiger charge is 2.34. The first-order valence-electron chi connectivity index (χ1n) is 7.59. The first-order chi connectivity index (χ1) is 9.26. The van der Waals surface area contributed by atoms with Crippen LogP contribution in [-0.4, -0.2) is 62.3 Å². The van der Waals surface area contributed by atoms with Crippen LogP contribution in [0, 0.1) is 5.92 Å². The second-order valence-corrected chi connectivity index (χ2v) is 6.16. The maximum Gasteiger partial charge on any atom is 0.191 e. The van der Waals surface area contributed by atoms with E-state index in [0.717, 1.165) is 31.6 Å². The molecule has 116 valence electrons. The minimum atomic E-state index is 0. The lowest BCUT2D eigenvalue weighted by Crippen LogP contribution is -2.51. The van der Waals surface area contributed by atoms with Gasteiger partial charge in [-0.1, -0.05) is 6.92 Å². The van der Waals surface area contributed by atoms with Crippen molar-refractivity contribution in [1.82, 2.24) is 15.5 Å². The maximum atomic E-state index is 5.94. The number of halogens is 1. The smallest absolute Gasteiger partial charge is 0.191 e. The summed E-state index contributed by atoms with van der Waals surface area (Å²) in [6.07, 6.45) is 4.19. The fourth-order valence-electron chi connectivity index (χ4n) is 3.11. The van der Waals surface area contributed by atoms with Crippen LogP contribution in [-0.2, 0) is 4.74 Å². The topological polar surface area (TPSA) is 48.9 Å². The van der Waals surface area contributed by atoms with Gasteiger partial charge in [0.1, 0.15) is 0 Å². The van der Waals surface area contributed by atoms with Crippen molar-refractivity contribution in [1.29, 1.82) is 0 Å². The molecule has 3 aliphatic rings. The van der Waals surface area contributed by atoms with Crippen molar-refractivity contribution in [2.75, 3.05) is 33.3 Å². The molecule has 3 rings (SSSR count). The van der Waals surface area contributed by atoms with Crippen molar-refractivity contribution in [3.63, 3.8) is 0 Å². The highest BCUT2D eigenvalue weighted by atomic mass is 127. The fourth-order valence-corrected chi connectivity index (χ4v) is 3.11. The van der Waals surface area contributed by atoms with Gasteiger partial charge in [-0.2, -0.15) is 0 Å². The van der Waals surface area contributed by atoms with Gasteiger partial charge in [0.05, 0.1) is 12.7 Å². The Morgan fingerprint density at radius 2 is 2.25 bits per heavy atom. The van der Waals surface area contributed by atoms with E-state index in [1.165, 1.54) is 25.8 Å². The van der Waals surface area contributed by atoms with Crippen LogP contribution in [0.5, 0.6) is 0 Å². The molecule has 6 heteroatoms. The van der Waals surface area contributed by atoms with Crippen molar-refractivity contribution < 1.29 is 4.74 Å². The second kappa shape index (κ2) is 7.26. The lowest BCUT2D eigenvalue weighted by molar-refractivity contribution is -0.0453. The summed E-state index contributed by atoms with van der Waals surface area (Å²) in [6.45, 7) is 6.33. The molecule has 0 amide bonds. The number of ether oxygens (including phenoxy) is 1. The van der Waals surface area contributed by atoms with Crippen LogP contribution in [0.25, 0.3) is 0 Å². The van der Waals surface area contributed by atoms with Gasteiger partial charge in [-0.25, -0.2) is 0 Å². The Morgan fingerprint density at radius 3 is 2.95 bits per heavy atom. The zero-order valence-corrected chi connectivity index (χ0v) is 14.8. The van der Waals surface area contributed by atoms with Gasteiger partial charge in [-0.15, -0.1) is 24.0 Å². The number of fused-ring (bicyclic) bond motifs is 1. The molecule has 1 saturated carbocycles. The highest BCUT2D eigenvalue weighted by Crippen LogP contribution is 2.28. The molecule has 2 heterocycles. The molecule has 4 unspecified atom stereocenters. The van der Waals surface area contributed by atoms with Crippen LogP contribution < -0.4 is 10.6 Å². The molecule has 2 N–H and O–H groups in total. The lowest BCUT2D eigenvalue weighted by Gasteiger charge is -2.35. The van der Waals surface area contributed by atoms with E-state index in [4.69, 9.17) is 4.74 Å². The first kappa shape index (κ1) is 16.3. The molecule has 3 fully saturated rings. The molecule has 2 saturated heterocycles. The molecular weight excluding hydrogens is 367 g/mol. The van der Waals surface area contributed by atoms with Gasteiger partial charge in [-0.05, 0) is 31.7 Å².